The highest BCUT2D eigenvalue weighted by atomic mass is 32.1. The fourth-order valence-corrected chi connectivity index (χ4v) is 3.23. The van der Waals surface area contributed by atoms with Gasteiger partial charge in [-0.05, 0) is 53.7 Å². The topological polar surface area (TPSA) is 68.3 Å². The van der Waals surface area contributed by atoms with Crippen molar-refractivity contribution in [2.24, 2.45) is 0 Å². The minimum atomic E-state index is -0.518. The monoisotopic (exact) mass is 444 g/mol. The normalized spacial score (nSPS) is 14.9. The Morgan fingerprint density at radius 2 is 1.94 bits per heavy atom. The zero-order valence-electron chi connectivity index (χ0n) is 17.3. The van der Waals surface area contributed by atoms with E-state index in [9.17, 15) is 14.0 Å². The van der Waals surface area contributed by atoms with Gasteiger partial charge in [-0.25, -0.2) is 4.39 Å². The molecule has 2 aromatic rings. The second-order valence-electron chi connectivity index (χ2n) is 6.67. The molecular formula is C22H21FN2O5S. The Kier molecular flexibility index (Phi) is 6.86. The van der Waals surface area contributed by atoms with Crippen LogP contribution in [-0.2, 0) is 20.9 Å². The Hall–Kier alpha value is -3.46. The number of thiocarbonyl (C=S) groups is 1. The minimum absolute atomic E-state index is 0.166. The molecule has 0 N–H and O–H groups in total. The highest BCUT2D eigenvalue weighted by Gasteiger charge is 2.36. The number of nitrogens with zero attached hydrogens (tertiary/aromatic N) is 2. The third kappa shape index (κ3) is 5.00. The summed E-state index contributed by atoms with van der Waals surface area (Å²) in [6, 6.07) is 11.3. The number of halogens is 1. The smallest absolute Gasteiger partial charge is 0.325 e. The number of hydrogen-bond donors (Lipinski definition) is 0. The standard InChI is InChI=1S/C22H21FN2O5S/c1-24-21(27)17(25(22(24)31)12-20(26)29-3)10-14-7-8-18(19(11-14)28-2)30-13-15-5-4-6-16(23)9-15/h4-11H,12-13H2,1-3H3. The SMILES string of the molecule is COC(=O)CN1C(=S)N(C)C(=O)C1=Cc1ccc(OCc2cccc(F)c2)c(OC)c1. The molecule has 1 fully saturated rings. The van der Waals surface area contributed by atoms with Gasteiger partial charge >= 0.3 is 5.97 Å². The van der Waals surface area contributed by atoms with Crippen molar-refractivity contribution < 1.29 is 28.2 Å². The molecule has 0 aliphatic carbocycles. The molecular weight excluding hydrogens is 423 g/mol. The van der Waals surface area contributed by atoms with Crippen molar-refractivity contribution in [2.45, 2.75) is 6.61 Å². The molecule has 0 spiro atoms. The summed E-state index contributed by atoms with van der Waals surface area (Å²) in [5, 5.41) is 0.212. The summed E-state index contributed by atoms with van der Waals surface area (Å²) < 4.78 is 29.2. The van der Waals surface area contributed by atoms with E-state index in [0.29, 0.717) is 22.6 Å². The Morgan fingerprint density at radius 1 is 1.16 bits per heavy atom. The maximum Gasteiger partial charge on any atom is 0.325 e. The van der Waals surface area contributed by atoms with Gasteiger partial charge in [0.1, 0.15) is 24.7 Å². The van der Waals surface area contributed by atoms with Crippen LogP contribution in [0.5, 0.6) is 11.5 Å². The van der Waals surface area contributed by atoms with Crippen molar-refractivity contribution in [3.05, 3.63) is 65.1 Å². The van der Waals surface area contributed by atoms with Crippen LogP contribution in [0.4, 0.5) is 4.39 Å². The molecule has 3 rings (SSSR count). The van der Waals surface area contributed by atoms with Gasteiger partial charge in [0.2, 0.25) is 0 Å². The van der Waals surface area contributed by atoms with E-state index in [2.05, 4.69) is 0 Å². The predicted molar refractivity (Wildman–Crippen MR) is 116 cm³/mol. The van der Waals surface area contributed by atoms with Gasteiger partial charge in [0, 0.05) is 7.05 Å². The van der Waals surface area contributed by atoms with Gasteiger partial charge in [-0.1, -0.05) is 18.2 Å². The molecule has 1 aliphatic heterocycles. The lowest BCUT2D eigenvalue weighted by Crippen LogP contribution is -2.33. The second-order valence-corrected chi connectivity index (χ2v) is 7.03. The van der Waals surface area contributed by atoms with Crippen LogP contribution >= 0.6 is 12.2 Å². The number of likely N-dealkylation sites (N-methyl/N-ethyl adjacent to an activating group) is 1. The molecule has 1 aliphatic rings. The molecule has 0 aromatic heterocycles. The van der Waals surface area contributed by atoms with E-state index >= 15 is 0 Å². The average molecular weight is 444 g/mol. The summed E-state index contributed by atoms with van der Waals surface area (Å²) in [6.07, 6.45) is 1.61. The van der Waals surface area contributed by atoms with Crippen LogP contribution in [0.25, 0.3) is 6.08 Å². The lowest BCUT2D eigenvalue weighted by atomic mass is 10.1. The maximum atomic E-state index is 13.3. The van der Waals surface area contributed by atoms with Crippen molar-refractivity contribution in [3.8, 4) is 11.5 Å². The number of rotatable bonds is 7. The molecule has 162 valence electrons. The first-order chi connectivity index (χ1) is 14.8. The van der Waals surface area contributed by atoms with E-state index in [4.69, 9.17) is 26.4 Å². The van der Waals surface area contributed by atoms with E-state index in [0.717, 1.165) is 0 Å². The summed E-state index contributed by atoms with van der Waals surface area (Å²) in [6.45, 7) is -0.0117. The van der Waals surface area contributed by atoms with Gasteiger partial charge in [0.15, 0.2) is 16.6 Å². The molecule has 0 radical (unpaired) electrons. The van der Waals surface area contributed by atoms with Crippen molar-refractivity contribution in [1.82, 2.24) is 9.80 Å². The zero-order chi connectivity index (χ0) is 22.5. The van der Waals surface area contributed by atoms with Crippen molar-refractivity contribution in [1.29, 1.82) is 0 Å². The number of benzene rings is 2. The van der Waals surface area contributed by atoms with E-state index in [1.807, 2.05) is 0 Å². The molecule has 7 nitrogen and oxygen atoms in total. The Morgan fingerprint density at radius 3 is 2.61 bits per heavy atom. The molecule has 0 saturated carbocycles. The van der Waals surface area contributed by atoms with Crippen LogP contribution in [0.3, 0.4) is 0 Å². The fraction of sp³-hybridized carbons (Fsp3) is 0.227. The zero-order valence-corrected chi connectivity index (χ0v) is 18.1. The average Bonchev–Trinajstić information content (AvgIpc) is 2.96. The Labute approximate surface area is 184 Å². The summed E-state index contributed by atoms with van der Waals surface area (Å²) >= 11 is 5.27. The van der Waals surface area contributed by atoms with E-state index in [1.165, 1.54) is 36.2 Å². The number of amides is 1. The Bertz CT molecular complexity index is 1060. The molecule has 2 aromatic carbocycles. The quantitative estimate of drug-likeness (QED) is 0.369. The largest absolute Gasteiger partial charge is 0.493 e. The van der Waals surface area contributed by atoms with E-state index in [-0.39, 0.29) is 35.7 Å². The second kappa shape index (κ2) is 9.57. The van der Waals surface area contributed by atoms with Crippen molar-refractivity contribution in [3.63, 3.8) is 0 Å². The van der Waals surface area contributed by atoms with Crippen LogP contribution in [0.2, 0.25) is 0 Å². The first-order valence-corrected chi connectivity index (χ1v) is 9.68. The van der Waals surface area contributed by atoms with Crippen LogP contribution in [-0.4, -0.2) is 54.6 Å². The summed E-state index contributed by atoms with van der Waals surface area (Å²) in [5.74, 6) is -0.289. The highest BCUT2D eigenvalue weighted by Crippen LogP contribution is 2.31. The molecule has 9 heteroatoms. The molecule has 0 unspecified atom stereocenters. The third-order valence-electron chi connectivity index (χ3n) is 4.62. The number of carbonyl (C=O) groups excluding carboxylic acids is 2. The fourth-order valence-electron chi connectivity index (χ4n) is 2.98. The molecule has 1 saturated heterocycles. The van der Waals surface area contributed by atoms with Gasteiger partial charge < -0.3 is 19.1 Å². The lowest BCUT2D eigenvalue weighted by molar-refractivity contribution is -0.140. The van der Waals surface area contributed by atoms with Gasteiger partial charge in [-0.3, -0.25) is 14.5 Å². The minimum Gasteiger partial charge on any atom is -0.493 e. The van der Waals surface area contributed by atoms with Gasteiger partial charge in [0.25, 0.3) is 5.91 Å². The summed E-state index contributed by atoms with van der Waals surface area (Å²) in [5.41, 5.74) is 1.57. The molecule has 31 heavy (non-hydrogen) atoms. The first-order valence-electron chi connectivity index (χ1n) is 9.27. The van der Waals surface area contributed by atoms with Gasteiger partial charge in [-0.15, -0.1) is 0 Å². The van der Waals surface area contributed by atoms with Crippen LogP contribution in [0, 0.1) is 5.82 Å². The molecule has 1 heterocycles. The number of esters is 1. The maximum absolute atomic E-state index is 13.3. The summed E-state index contributed by atoms with van der Waals surface area (Å²) in [7, 11) is 4.30. The molecule has 1 amide bonds. The van der Waals surface area contributed by atoms with Crippen LogP contribution in [0.15, 0.2) is 48.2 Å². The summed E-state index contributed by atoms with van der Waals surface area (Å²) in [4.78, 5) is 27.0. The van der Waals surface area contributed by atoms with Crippen molar-refractivity contribution in [2.75, 3.05) is 27.8 Å². The number of ether oxygens (including phenoxy) is 3. The number of hydrogen-bond acceptors (Lipinski definition) is 6. The molecule has 0 bridgehead atoms. The highest BCUT2D eigenvalue weighted by molar-refractivity contribution is 7.80. The molecule has 0 atom stereocenters. The van der Waals surface area contributed by atoms with Crippen molar-refractivity contribution >= 4 is 35.3 Å². The number of carbonyl (C=O) groups is 2. The Balaban J connectivity index is 1.85. The van der Waals surface area contributed by atoms with Gasteiger partial charge in [-0.2, -0.15) is 0 Å². The number of methoxy groups -OCH3 is 2. The van der Waals surface area contributed by atoms with E-state index < -0.39 is 5.97 Å². The van der Waals surface area contributed by atoms with Gasteiger partial charge in [0.05, 0.1) is 14.2 Å². The van der Waals surface area contributed by atoms with Crippen LogP contribution in [0.1, 0.15) is 11.1 Å². The van der Waals surface area contributed by atoms with Crippen LogP contribution < -0.4 is 9.47 Å². The predicted octanol–water partition coefficient (Wildman–Crippen LogP) is 2.99. The first kappa shape index (κ1) is 22.2. The lowest BCUT2D eigenvalue weighted by Gasteiger charge is -2.17. The van der Waals surface area contributed by atoms with E-state index in [1.54, 1.807) is 43.5 Å². The third-order valence-corrected chi connectivity index (χ3v) is 5.12.